The zero-order valence-corrected chi connectivity index (χ0v) is 11.9. The summed E-state index contributed by atoms with van der Waals surface area (Å²) in [6.45, 7) is 4.45. The number of anilines is 2. The highest BCUT2D eigenvalue weighted by Gasteiger charge is 2.01. The Kier molecular flexibility index (Phi) is 6.68. The summed E-state index contributed by atoms with van der Waals surface area (Å²) in [6, 6.07) is 16.5. The SMILES string of the molecule is CC.Nc1cccc(CNC(=O)Nc2ccccc2)c1. The van der Waals surface area contributed by atoms with Crippen LogP contribution in [0.25, 0.3) is 0 Å². The van der Waals surface area contributed by atoms with E-state index in [0.29, 0.717) is 12.2 Å². The Morgan fingerprint density at radius 1 is 1.05 bits per heavy atom. The van der Waals surface area contributed by atoms with Crippen molar-refractivity contribution in [1.29, 1.82) is 0 Å². The molecular formula is C16H21N3O. The summed E-state index contributed by atoms with van der Waals surface area (Å²) >= 11 is 0. The van der Waals surface area contributed by atoms with Crippen molar-refractivity contribution in [3.05, 3.63) is 60.2 Å². The molecule has 4 heteroatoms. The van der Waals surface area contributed by atoms with Crippen LogP contribution in [0.2, 0.25) is 0 Å². The number of urea groups is 1. The highest BCUT2D eigenvalue weighted by molar-refractivity contribution is 5.89. The molecule has 0 radical (unpaired) electrons. The fraction of sp³-hybridized carbons (Fsp3) is 0.188. The summed E-state index contributed by atoms with van der Waals surface area (Å²) in [5.41, 5.74) is 8.09. The lowest BCUT2D eigenvalue weighted by atomic mass is 10.2. The number of carbonyl (C=O) groups is 1. The van der Waals surface area contributed by atoms with E-state index < -0.39 is 0 Å². The van der Waals surface area contributed by atoms with Crippen LogP contribution in [-0.2, 0) is 6.54 Å². The first-order valence-electron chi connectivity index (χ1n) is 6.68. The molecule has 2 aromatic carbocycles. The van der Waals surface area contributed by atoms with Crippen molar-refractivity contribution in [3.8, 4) is 0 Å². The highest BCUT2D eigenvalue weighted by atomic mass is 16.2. The highest BCUT2D eigenvalue weighted by Crippen LogP contribution is 2.07. The van der Waals surface area contributed by atoms with Crippen molar-refractivity contribution in [2.24, 2.45) is 0 Å². The van der Waals surface area contributed by atoms with Gasteiger partial charge in [-0.1, -0.05) is 44.2 Å². The third-order valence-corrected chi connectivity index (χ3v) is 2.44. The van der Waals surface area contributed by atoms with Gasteiger partial charge in [-0.25, -0.2) is 4.79 Å². The molecule has 0 bridgehead atoms. The van der Waals surface area contributed by atoms with Crippen molar-refractivity contribution >= 4 is 17.4 Å². The smallest absolute Gasteiger partial charge is 0.319 e. The van der Waals surface area contributed by atoms with E-state index in [1.54, 1.807) is 0 Å². The molecule has 4 N–H and O–H groups in total. The maximum atomic E-state index is 11.6. The van der Waals surface area contributed by atoms with Crippen LogP contribution < -0.4 is 16.4 Å². The number of nitrogen functional groups attached to an aromatic ring is 1. The fourth-order valence-electron chi connectivity index (χ4n) is 1.58. The van der Waals surface area contributed by atoms with Gasteiger partial charge in [0.25, 0.3) is 0 Å². The molecule has 0 aliphatic rings. The Balaban J connectivity index is 0.000000956. The van der Waals surface area contributed by atoms with Gasteiger partial charge >= 0.3 is 6.03 Å². The second-order valence-electron chi connectivity index (χ2n) is 3.92. The average Bonchev–Trinajstić information content (AvgIpc) is 2.48. The van der Waals surface area contributed by atoms with Crippen LogP contribution in [0.3, 0.4) is 0 Å². The predicted molar refractivity (Wildman–Crippen MR) is 84.5 cm³/mol. The Bertz CT molecular complexity index is 526. The van der Waals surface area contributed by atoms with Crippen LogP contribution in [0, 0.1) is 0 Å². The van der Waals surface area contributed by atoms with Gasteiger partial charge in [0.1, 0.15) is 0 Å². The molecule has 0 aliphatic carbocycles. The maximum absolute atomic E-state index is 11.6. The maximum Gasteiger partial charge on any atom is 0.319 e. The van der Waals surface area contributed by atoms with Gasteiger partial charge in [-0.3, -0.25) is 0 Å². The number of hydrogen-bond acceptors (Lipinski definition) is 2. The number of carbonyl (C=O) groups excluding carboxylic acids is 1. The first-order valence-corrected chi connectivity index (χ1v) is 6.68. The van der Waals surface area contributed by atoms with Gasteiger partial charge in [0.2, 0.25) is 0 Å². The van der Waals surface area contributed by atoms with E-state index in [0.717, 1.165) is 11.3 Å². The molecule has 2 rings (SSSR count). The van der Waals surface area contributed by atoms with E-state index in [-0.39, 0.29) is 6.03 Å². The third-order valence-electron chi connectivity index (χ3n) is 2.44. The third kappa shape index (κ3) is 5.44. The largest absolute Gasteiger partial charge is 0.399 e. The minimum atomic E-state index is -0.233. The van der Waals surface area contributed by atoms with Crippen LogP contribution in [0.15, 0.2) is 54.6 Å². The number of nitrogens with two attached hydrogens (primary N) is 1. The van der Waals surface area contributed by atoms with Crippen LogP contribution >= 0.6 is 0 Å². The summed E-state index contributed by atoms with van der Waals surface area (Å²) in [5.74, 6) is 0. The molecule has 0 saturated heterocycles. The molecular weight excluding hydrogens is 250 g/mol. The molecule has 0 unspecified atom stereocenters. The number of para-hydroxylation sites is 1. The van der Waals surface area contributed by atoms with Gasteiger partial charge in [0.15, 0.2) is 0 Å². The Morgan fingerprint density at radius 3 is 2.40 bits per heavy atom. The van der Waals surface area contributed by atoms with Gasteiger partial charge < -0.3 is 16.4 Å². The average molecular weight is 271 g/mol. The zero-order valence-electron chi connectivity index (χ0n) is 11.9. The summed E-state index contributed by atoms with van der Waals surface area (Å²) in [5, 5.41) is 5.51. The summed E-state index contributed by atoms with van der Waals surface area (Å²) in [4.78, 5) is 11.6. The van der Waals surface area contributed by atoms with Crippen molar-refractivity contribution in [1.82, 2.24) is 5.32 Å². The number of rotatable bonds is 3. The van der Waals surface area contributed by atoms with E-state index in [2.05, 4.69) is 10.6 Å². The number of hydrogen-bond donors (Lipinski definition) is 3. The topological polar surface area (TPSA) is 67.1 Å². The van der Waals surface area contributed by atoms with Crippen LogP contribution in [0.4, 0.5) is 16.2 Å². The van der Waals surface area contributed by atoms with E-state index in [1.807, 2.05) is 68.4 Å². The van der Waals surface area contributed by atoms with Crippen molar-refractivity contribution in [2.45, 2.75) is 20.4 Å². The van der Waals surface area contributed by atoms with Crippen molar-refractivity contribution in [3.63, 3.8) is 0 Å². The van der Waals surface area contributed by atoms with Gasteiger partial charge in [-0.05, 0) is 29.8 Å². The molecule has 0 fully saturated rings. The number of nitrogens with one attached hydrogen (secondary N) is 2. The molecule has 2 amide bonds. The predicted octanol–water partition coefficient (Wildman–Crippen LogP) is 3.62. The second-order valence-corrected chi connectivity index (χ2v) is 3.92. The number of benzene rings is 2. The second kappa shape index (κ2) is 8.58. The van der Waals surface area contributed by atoms with Crippen molar-refractivity contribution in [2.75, 3.05) is 11.1 Å². The minimum Gasteiger partial charge on any atom is -0.399 e. The van der Waals surface area contributed by atoms with E-state index in [1.165, 1.54) is 0 Å². The lowest BCUT2D eigenvalue weighted by Crippen LogP contribution is -2.28. The summed E-state index contributed by atoms with van der Waals surface area (Å²) < 4.78 is 0. The molecule has 0 heterocycles. The number of amides is 2. The summed E-state index contributed by atoms with van der Waals surface area (Å²) in [7, 11) is 0. The van der Waals surface area contributed by atoms with Crippen molar-refractivity contribution < 1.29 is 4.79 Å². The Hall–Kier alpha value is -2.49. The molecule has 0 aromatic heterocycles. The van der Waals surface area contributed by atoms with E-state index in [9.17, 15) is 4.79 Å². The quantitative estimate of drug-likeness (QED) is 0.746. The lowest BCUT2D eigenvalue weighted by Gasteiger charge is -2.07. The van der Waals surface area contributed by atoms with Gasteiger partial charge in [-0.15, -0.1) is 0 Å². The van der Waals surface area contributed by atoms with E-state index in [4.69, 9.17) is 5.73 Å². The van der Waals surface area contributed by atoms with E-state index >= 15 is 0 Å². The lowest BCUT2D eigenvalue weighted by molar-refractivity contribution is 0.251. The molecule has 0 atom stereocenters. The summed E-state index contributed by atoms with van der Waals surface area (Å²) in [6.07, 6.45) is 0. The Morgan fingerprint density at radius 2 is 1.75 bits per heavy atom. The van der Waals surface area contributed by atoms with Crippen LogP contribution in [-0.4, -0.2) is 6.03 Å². The monoisotopic (exact) mass is 271 g/mol. The molecule has 2 aromatic rings. The molecule has 4 nitrogen and oxygen atoms in total. The minimum absolute atomic E-state index is 0.233. The van der Waals surface area contributed by atoms with Crippen LogP contribution in [0.1, 0.15) is 19.4 Å². The fourth-order valence-corrected chi connectivity index (χ4v) is 1.58. The molecule has 0 saturated carbocycles. The molecule has 0 aliphatic heterocycles. The standard InChI is InChI=1S/C14H15N3O.C2H6/c15-12-6-4-5-11(9-12)10-16-14(18)17-13-7-2-1-3-8-13;1-2/h1-9H,10,15H2,(H2,16,17,18);1-2H3. The molecule has 106 valence electrons. The molecule has 20 heavy (non-hydrogen) atoms. The van der Waals surface area contributed by atoms with Crippen LogP contribution in [0.5, 0.6) is 0 Å². The van der Waals surface area contributed by atoms with Gasteiger partial charge in [0, 0.05) is 17.9 Å². The first kappa shape index (κ1) is 15.6. The van der Waals surface area contributed by atoms with Gasteiger partial charge in [0.05, 0.1) is 0 Å². The van der Waals surface area contributed by atoms with Gasteiger partial charge in [-0.2, -0.15) is 0 Å². The molecule has 0 spiro atoms. The zero-order chi connectivity index (χ0) is 14.8. The Labute approximate surface area is 120 Å². The first-order chi connectivity index (χ1) is 9.74. The normalized spacial score (nSPS) is 9.10.